The number of nitro groups is 1. The third-order valence-corrected chi connectivity index (χ3v) is 4.40. The quantitative estimate of drug-likeness (QED) is 0.336. The molecule has 2 aromatic carbocycles. The first-order valence-electron chi connectivity index (χ1n) is 7.88. The predicted molar refractivity (Wildman–Crippen MR) is 105 cm³/mol. The van der Waals surface area contributed by atoms with Gasteiger partial charge in [0, 0.05) is 31.5 Å². The third kappa shape index (κ3) is 5.45. The van der Waals surface area contributed by atoms with E-state index >= 15 is 0 Å². The van der Waals surface area contributed by atoms with Gasteiger partial charge in [0.2, 0.25) is 0 Å². The average Bonchev–Trinajstić information content (AvgIpc) is 2.65. The zero-order chi connectivity index (χ0) is 20.0. The summed E-state index contributed by atoms with van der Waals surface area (Å²) >= 11 is 1.21. The second-order valence-electron chi connectivity index (χ2n) is 5.71. The van der Waals surface area contributed by atoms with Crippen LogP contribution in [0.15, 0.2) is 47.4 Å². The number of ether oxygens (including phenoxy) is 1. The lowest BCUT2D eigenvalue weighted by molar-refractivity contribution is -0.387. The summed E-state index contributed by atoms with van der Waals surface area (Å²) in [5.74, 6) is -1.31. The molecule has 1 N–H and O–H groups in total. The maximum atomic E-state index is 12.1. The molecule has 0 saturated heterocycles. The van der Waals surface area contributed by atoms with Gasteiger partial charge in [0.1, 0.15) is 0 Å². The lowest BCUT2D eigenvalue weighted by Crippen LogP contribution is -2.21. The molecule has 0 spiro atoms. The number of nitrogens with one attached hydrogen (secondary N) is 1. The van der Waals surface area contributed by atoms with Gasteiger partial charge in [0.25, 0.3) is 11.6 Å². The van der Waals surface area contributed by atoms with E-state index < -0.39 is 23.4 Å². The summed E-state index contributed by atoms with van der Waals surface area (Å²) in [5, 5.41) is 13.7. The highest BCUT2D eigenvalue weighted by molar-refractivity contribution is 7.98. The molecule has 0 aromatic heterocycles. The lowest BCUT2D eigenvalue weighted by atomic mass is 10.2. The van der Waals surface area contributed by atoms with E-state index in [2.05, 4.69) is 5.32 Å². The number of carbonyl (C=O) groups is 2. The minimum absolute atomic E-state index is 0.0163. The Balaban J connectivity index is 1.95. The summed E-state index contributed by atoms with van der Waals surface area (Å²) in [6, 6.07) is 11.2. The van der Waals surface area contributed by atoms with Crippen LogP contribution in [0.1, 0.15) is 10.4 Å². The highest BCUT2D eigenvalue weighted by Crippen LogP contribution is 2.28. The number of esters is 1. The summed E-state index contributed by atoms with van der Waals surface area (Å²) in [5.41, 5.74) is 1.39. The Morgan fingerprint density at radius 1 is 1.19 bits per heavy atom. The maximum Gasteiger partial charge on any atom is 0.338 e. The van der Waals surface area contributed by atoms with Crippen LogP contribution in [0.2, 0.25) is 0 Å². The molecule has 0 aliphatic rings. The zero-order valence-electron chi connectivity index (χ0n) is 15.1. The molecule has 0 saturated carbocycles. The van der Waals surface area contributed by atoms with Crippen LogP contribution in [0.5, 0.6) is 0 Å². The molecule has 0 aliphatic carbocycles. The molecule has 8 nitrogen and oxygen atoms in total. The molecule has 0 unspecified atom stereocenters. The first kappa shape index (κ1) is 20.2. The number of benzene rings is 2. The molecule has 0 radical (unpaired) electrons. The minimum Gasteiger partial charge on any atom is -0.452 e. The number of amides is 1. The van der Waals surface area contributed by atoms with Crippen molar-refractivity contribution >= 4 is 40.7 Å². The van der Waals surface area contributed by atoms with Crippen molar-refractivity contribution in [1.29, 1.82) is 0 Å². The van der Waals surface area contributed by atoms with E-state index in [4.69, 9.17) is 4.74 Å². The fourth-order valence-corrected chi connectivity index (χ4v) is 2.76. The predicted octanol–water partition coefficient (Wildman–Crippen LogP) is 3.18. The van der Waals surface area contributed by atoms with Crippen molar-refractivity contribution in [3.63, 3.8) is 0 Å². The molecule has 2 aromatic rings. The van der Waals surface area contributed by atoms with Gasteiger partial charge in [-0.2, -0.15) is 0 Å². The summed E-state index contributed by atoms with van der Waals surface area (Å²) in [6.07, 6.45) is 1.70. The van der Waals surface area contributed by atoms with Crippen molar-refractivity contribution in [1.82, 2.24) is 0 Å². The first-order chi connectivity index (χ1) is 12.8. The fourth-order valence-electron chi connectivity index (χ4n) is 2.21. The van der Waals surface area contributed by atoms with Crippen LogP contribution in [0.4, 0.5) is 17.1 Å². The first-order valence-corrected chi connectivity index (χ1v) is 9.11. The largest absolute Gasteiger partial charge is 0.452 e. The fraction of sp³-hybridized carbons (Fsp3) is 0.222. The molecular formula is C18H19N3O5S. The Hall–Kier alpha value is -3.07. The van der Waals surface area contributed by atoms with E-state index in [1.165, 1.54) is 23.9 Å². The number of thioether (sulfide) groups is 1. The molecule has 142 valence electrons. The SMILES string of the molecule is CSc1ccc(C(=O)OCC(=O)Nc2ccc(N(C)C)cc2)cc1[N+](=O)[O-]. The summed E-state index contributed by atoms with van der Waals surface area (Å²) in [7, 11) is 3.81. The van der Waals surface area contributed by atoms with Crippen LogP contribution >= 0.6 is 11.8 Å². The van der Waals surface area contributed by atoms with Gasteiger partial charge < -0.3 is 15.0 Å². The molecule has 2 rings (SSSR count). The number of carbonyl (C=O) groups excluding carboxylic acids is 2. The average molecular weight is 389 g/mol. The second kappa shape index (κ2) is 9.04. The van der Waals surface area contributed by atoms with Gasteiger partial charge in [-0.25, -0.2) is 4.79 Å². The number of hydrogen-bond donors (Lipinski definition) is 1. The van der Waals surface area contributed by atoms with Crippen LogP contribution in [0.25, 0.3) is 0 Å². The molecule has 9 heteroatoms. The Morgan fingerprint density at radius 2 is 1.85 bits per heavy atom. The normalized spacial score (nSPS) is 10.2. The van der Waals surface area contributed by atoms with Crippen molar-refractivity contribution in [3.8, 4) is 0 Å². The molecule has 1 amide bonds. The summed E-state index contributed by atoms with van der Waals surface area (Å²) in [6.45, 7) is -0.494. The Morgan fingerprint density at radius 3 is 2.41 bits per heavy atom. The van der Waals surface area contributed by atoms with Crippen molar-refractivity contribution in [2.75, 3.05) is 37.2 Å². The van der Waals surface area contributed by atoms with Crippen molar-refractivity contribution in [2.24, 2.45) is 0 Å². The zero-order valence-corrected chi connectivity index (χ0v) is 15.9. The van der Waals surface area contributed by atoms with Gasteiger partial charge in [-0.15, -0.1) is 11.8 Å². The maximum absolute atomic E-state index is 12.1. The van der Waals surface area contributed by atoms with Crippen molar-refractivity contribution in [3.05, 3.63) is 58.1 Å². The van der Waals surface area contributed by atoms with Crippen LogP contribution < -0.4 is 10.2 Å². The number of rotatable bonds is 7. The number of hydrogen-bond acceptors (Lipinski definition) is 7. The monoisotopic (exact) mass is 389 g/mol. The third-order valence-electron chi connectivity index (χ3n) is 3.61. The number of anilines is 2. The van der Waals surface area contributed by atoms with Crippen LogP contribution in [0, 0.1) is 10.1 Å². The van der Waals surface area contributed by atoms with E-state index in [9.17, 15) is 19.7 Å². The van der Waals surface area contributed by atoms with Gasteiger partial charge in [0.05, 0.1) is 15.4 Å². The molecule has 0 bridgehead atoms. The Bertz CT molecular complexity index is 853. The lowest BCUT2D eigenvalue weighted by Gasteiger charge is -2.13. The minimum atomic E-state index is -0.802. The molecule has 0 heterocycles. The molecular weight excluding hydrogens is 370 g/mol. The van der Waals surface area contributed by atoms with Crippen LogP contribution in [-0.2, 0) is 9.53 Å². The van der Waals surface area contributed by atoms with Crippen LogP contribution in [0.3, 0.4) is 0 Å². The molecule has 0 fully saturated rings. The Kier molecular flexibility index (Phi) is 6.78. The van der Waals surface area contributed by atoms with Gasteiger partial charge in [-0.1, -0.05) is 0 Å². The highest BCUT2D eigenvalue weighted by atomic mass is 32.2. The van der Waals surface area contributed by atoms with E-state index in [-0.39, 0.29) is 11.3 Å². The summed E-state index contributed by atoms with van der Waals surface area (Å²) in [4.78, 5) is 36.9. The van der Waals surface area contributed by atoms with Gasteiger partial charge in [-0.3, -0.25) is 14.9 Å². The van der Waals surface area contributed by atoms with Gasteiger partial charge in [0.15, 0.2) is 6.61 Å². The molecule has 0 aliphatic heterocycles. The van der Waals surface area contributed by atoms with Crippen molar-refractivity contribution < 1.29 is 19.2 Å². The Labute approximate surface area is 160 Å². The number of nitrogens with zero attached hydrogens (tertiary/aromatic N) is 2. The van der Waals surface area contributed by atoms with E-state index in [0.717, 1.165) is 11.8 Å². The van der Waals surface area contributed by atoms with E-state index in [1.54, 1.807) is 18.4 Å². The van der Waals surface area contributed by atoms with Gasteiger partial charge in [-0.05, 0) is 42.7 Å². The van der Waals surface area contributed by atoms with E-state index in [1.807, 2.05) is 31.1 Å². The topological polar surface area (TPSA) is 102 Å². The van der Waals surface area contributed by atoms with Crippen molar-refractivity contribution in [2.45, 2.75) is 4.90 Å². The van der Waals surface area contributed by atoms with Gasteiger partial charge >= 0.3 is 5.97 Å². The summed E-state index contributed by atoms with van der Waals surface area (Å²) < 4.78 is 4.94. The van der Waals surface area contributed by atoms with Crippen LogP contribution in [-0.4, -0.2) is 43.8 Å². The standard InChI is InChI=1S/C18H19N3O5S/c1-20(2)14-7-5-13(6-8-14)19-17(22)11-26-18(23)12-4-9-16(27-3)15(10-12)21(24)25/h4-10H,11H2,1-3H3,(H,19,22). The van der Waals surface area contributed by atoms with E-state index in [0.29, 0.717) is 10.6 Å². The highest BCUT2D eigenvalue weighted by Gasteiger charge is 2.18. The second-order valence-corrected chi connectivity index (χ2v) is 6.56. The molecule has 0 atom stereocenters. The smallest absolute Gasteiger partial charge is 0.338 e. The molecule has 27 heavy (non-hydrogen) atoms. The number of nitro benzene ring substituents is 1.